The van der Waals surface area contributed by atoms with E-state index >= 15 is 0 Å². The third-order valence-corrected chi connectivity index (χ3v) is 2.68. The van der Waals surface area contributed by atoms with Crippen molar-refractivity contribution in [3.63, 3.8) is 0 Å². The van der Waals surface area contributed by atoms with Gasteiger partial charge in [0.1, 0.15) is 0 Å². The lowest BCUT2D eigenvalue weighted by atomic mass is 9.89. The zero-order chi connectivity index (χ0) is 9.80. The van der Waals surface area contributed by atoms with Gasteiger partial charge in [-0.05, 0) is 12.8 Å². The van der Waals surface area contributed by atoms with Crippen LogP contribution in [-0.4, -0.2) is 10.1 Å². The number of nitrogens with zero attached hydrogens (tertiary/aromatic N) is 3. The van der Waals surface area contributed by atoms with Crippen LogP contribution >= 0.6 is 0 Å². The molecule has 1 aliphatic carbocycles. The van der Waals surface area contributed by atoms with Crippen LogP contribution in [0, 0.1) is 11.3 Å². The molecule has 0 saturated heterocycles. The molecule has 0 spiro atoms. The largest absolute Gasteiger partial charge is 0.339 e. The highest BCUT2D eigenvalue weighted by atomic mass is 16.5. The first-order valence-corrected chi connectivity index (χ1v) is 5.09. The summed E-state index contributed by atoms with van der Waals surface area (Å²) in [6.45, 7) is 0. The molecule has 74 valence electrons. The summed E-state index contributed by atoms with van der Waals surface area (Å²) in [6, 6.07) is 2.02. The Bertz CT molecular complexity index is 333. The van der Waals surface area contributed by atoms with Crippen molar-refractivity contribution in [2.75, 3.05) is 0 Å². The molecule has 1 fully saturated rings. The van der Waals surface area contributed by atoms with Crippen molar-refractivity contribution < 1.29 is 4.52 Å². The highest BCUT2D eigenvalue weighted by Crippen LogP contribution is 2.31. The predicted octanol–water partition coefficient (Wildman–Crippen LogP) is 2.18. The molecule has 4 heteroatoms. The zero-order valence-corrected chi connectivity index (χ0v) is 8.07. The smallest absolute Gasteiger partial charge is 0.229 e. The standard InChI is InChI=1S/C10H13N3O/c11-7-6-9-12-10(14-13-9)8-4-2-1-3-5-8/h8H,1-6H2. The first-order chi connectivity index (χ1) is 6.90. The Balaban J connectivity index is 2.04. The van der Waals surface area contributed by atoms with E-state index in [-0.39, 0.29) is 6.42 Å². The van der Waals surface area contributed by atoms with Gasteiger partial charge in [-0.25, -0.2) is 0 Å². The molecule has 4 nitrogen and oxygen atoms in total. The average molecular weight is 191 g/mol. The van der Waals surface area contributed by atoms with Gasteiger partial charge in [0.25, 0.3) is 0 Å². The van der Waals surface area contributed by atoms with Crippen LogP contribution in [0.15, 0.2) is 4.52 Å². The summed E-state index contributed by atoms with van der Waals surface area (Å²) in [4.78, 5) is 4.22. The van der Waals surface area contributed by atoms with E-state index in [4.69, 9.17) is 9.78 Å². The monoisotopic (exact) mass is 191 g/mol. The van der Waals surface area contributed by atoms with Crippen LogP contribution in [0.5, 0.6) is 0 Å². The van der Waals surface area contributed by atoms with Gasteiger partial charge in [-0.2, -0.15) is 10.2 Å². The minimum atomic E-state index is 0.246. The van der Waals surface area contributed by atoms with Crippen molar-refractivity contribution in [2.45, 2.75) is 44.4 Å². The van der Waals surface area contributed by atoms with Gasteiger partial charge in [-0.3, -0.25) is 0 Å². The molecular weight excluding hydrogens is 178 g/mol. The van der Waals surface area contributed by atoms with Gasteiger partial charge < -0.3 is 4.52 Å². The van der Waals surface area contributed by atoms with Crippen molar-refractivity contribution in [1.29, 1.82) is 5.26 Å². The molecular formula is C10H13N3O. The molecule has 1 aromatic rings. The highest BCUT2D eigenvalue weighted by molar-refractivity contribution is 4.98. The Morgan fingerprint density at radius 3 is 2.86 bits per heavy atom. The Morgan fingerprint density at radius 2 is 2.14 bits per heavy atom. The fraction of sp³-hybridized carbons (Fsp3) is 0.700. The Hall–Kier alpha value is -1.37. The minimum Gasteiger partial charge on any atom is -0.339 e. The molecule has 1 aromatic heterocycles. The maximum absolute atomic E-state index is 8.47. The topological polar surface area (TPSA) is 62.7 Å². The van der Waals surface area contributed by atoms with Crippen molar-refractivity contribution in [3.05, 3.63) is 11.7 Å². The van der Waals surface area contributed by atoms with E-state index in [0.29, 0.717) is 11.7 Å². The number of nitriles is 1. The molecule has 1 saturated carbocycles. The van der Waals surface area contributed by atoms with Crippen LogP contribution in [-0.2, 0) is 6.42 Å². The molecule has 14 heavy (non-hydrogen) atoms. The lowest BCUT2D eigenvalue weighted by Crippen LogP contribution is -2.04. The van der Waals surface area contributed by atoms with Gasteiger partial charge in [0.05, 0.1) is 12.5 Å². The Kier molecular flexibility index (Phi) is 2.78. The fourth-order valence-electron chi connectivity index (χ4n) is 1.93. The van der Waals surface area contributed by atoms with E-state index in [1.807, 2.05) is 6.07 Å². The number of hydrogen-bond donors (Lipinski definition) is 0. The maximum atomic E-state index is 8.47. The van der Waals surface area contributed by atoms with Crippen molar-refractivity contribution in [3.8, 4) is 6.07 Å². The van der Waals surface area contributed by atoms with Gasteiger partial charge in [-0.15, -0.1) is 0 Å². The zero-order valence-electron chi connectivity index (χ0n) is 8.07. The summed E-state index contributed by atoms with van der Waals surface area (Å²) in [5, 5.41) is 12.2. The number of hydrogen-bond acceptors (Lipinski definition) is 4. The summed E-state index contributed by atoms with van der Waals surface area (Å²) >= 11 is 0. The van der Waals surface area contributed by atoms with Crippen LogP contribution in [0.4, 0.5) is 0 Å². The second-order valence-electron chi connectivity index (χ2n) is 3.72. The maximum Gasteiger partial charge on any atom is 0.229 e. The summed E-state index contributed by atoms with van der Waals surface area (Å²) in [7, 11) is 0. The normalized spacial score (nSPS) is 17.9. The van der Waals surface area contributed by atoms with E-state index < -0.39 is 0 Å². The third kappa shape index (κ3) is 1.92. The minimum absolute atomic E-state index is 0.246. The quantitative estimate of drug-likeness (QED) is 0.718. The first-order valence-electron chi connectivity index (χ1n) is 5.09. The van der Waals surface area contributed by atoms with Crippen molar-refractivity contribution in [1.82, 2.24) is 10.1 Å². The van der Waals surface area contributed by atoms with Crippen LogP contribution in [0.3, 0.4) is 0 Å². The molecule has 0 atom stereocenters. The molecule has 0 amide bonds. The van der Waals surface area contributed by atoms with Gasteiger partial charge in [0.15, 0.2) is 5.82 Å². The summed E-state index contributed by atoms with van der Waals surface area (Å²) in [5.41, 5.74) is 0. The SMILES string of the molecule is N#CCc1noc(C2CCCCC2)n1. The fourth-order valence-corrected chi connectivity index (χ4v) is 1.93. The molecule has 0 radical (unpaired) electrons. The second-order valence-corrected chi connectivity index (χ2v) is 3.72. The van der Waals surface area contributed by atoms with Crippen molar-refractivity contribution in [2.24, 2.45) is 0 Å². The lowest BCUT2D eigenvalue weighted by Gasteiger charge is -2.17. The Labute approximate surface area is 82.9 Å². The molecule has 1 heterocycles. The molecule has 0 aromatic carbocycles. The number of aromatic nitrogens is 2. The predicted molar refractivity (Wildman–Crippen MR) is 49.4 cm³/mol. The molecule has 1 aliphatic rings. The molecule has 0 bridgehead atoms. The first kappa shape index (κ1) is 9.20. The summed E-state index contributed by atoms with van der Waals surface area (Å²) in [6.07, 6.45) is 6.36. The van der Waals surface area contributed by atoms with Gasteiger partial charge in [0, 0.05) is 5.92 Å². The summed E-state index contributed by atoms with van der Waals surface area (Å²) < 4.78 is 5.14. The van der Waals surface area contributed by atoms with E-state index in [1.165, 1.54) is 19.3 Å². The average Bonchev–Trinajstić information content (AvgIpc) is 2.68. The number of rotatable bonds is 2. The third-order valence-electron chi connectivity index (χ3n) is 2.68. The summed E-state index contributed by atoms with van der Waals surface area (Å²) in [5.74, 6) is 1.69. The second kappa shape index (κ2) is 4.23. The van der Waals surface area contributed by atoms with Crippen LogP contribution in [0.25, 0.3) is 0 Å². The van der Waals surface area contributed by atoms with E-state index in [1.54, 1.807) is 0 Å². The van der Waals surface area contributed by atoms with E-state index in [9.17, 15) is 0 Å². The van der Waals surface area contributed by atoms with Crippen molar-refractivity contribution >= 4 is 0 Å². The van der Waals surface area contributed by atoms with E-state index in [2.05, 4.69) is 10.1 Å². The van der Waals surface area contributed by atoms with Gasteiger partial charge >= 0.3 is 0 Å². The molecule has 0 unspecified atom stereocenters. The Morgan fingerprint density at radius 1 is 1.36 bits per heavy atom. The van der Waals surface area contributed by atoms with Crippen LogP contribution < -0.4 is 0 Å². The molecule has 0 aliphatic heterocycles. The van der Waals surface area contributed by atoms with Gasteiger partial charge in [-0.1, -0.05) is 24.4 Å². The van der Waals surface area contributed by atoms with Crippen LogP contribution in [0.2, 0.25) is 0 Å². The van der Waals surface area contributed by atoms with Gasteiger partial charge in [0.2, 0.25) is 5.89 Å². The van der Waals surface area contributed by atoms with Crippen LogP contribution in [0.1, 0.15) is 49.7 Å². The van der Waals surface area contributed by atoms with E-state index in [0.717, 1.165) is 18.7 Å². The lowest BCUT2D eigenvalue weighted by molar-refractivity contribution is 0.312. The molecule has 0 N–H and O–H groups in total. The molecule has 2 rings (SSSR count). The highest BCUT2D eigenvalue weighted by Gasteiger charge is 2.21.